The molecule has 0 radical (unpaired) electrons. The molecule has 0 saturated heterocycles. The van der Waals surface area contributed by atoms with Gasteiger partial charge in [0.2, 0.25) is 0 Å². The van der Waals surface area contributed by atoms with Gasteiger partial charge in [0.25, 0.3) is 0 Å². The maximum Gasteiger partial charge on any atom is 0.150 e. The summed E-state index contributed by atoms with van der Waals surface area (Å²) in [6.07, 6.45) is 7.30. The van der Waals surface area contributed by atoms with Crippen molar-refractivity contribution in [1.82, 2.24) is 4.90 Å². The van der Waals surface area contributed by atoms with Gasteiger partial charge in [-0.1, -0.05) is 45.9 Å². The van der Waals surface area contributed by atoms with E-state index in [-0.39, 0.29) is 0 Å². The normalized spacial score (nSPS) is 10.3. The molecule has 2 heteroatoms. The van der Waals surface area contributed by atoms with Gasteiger partial charge in [0.05, 0.1) is 0 Å². The van der Waals surface area contributed by atoms with Crippen LogP contribution < -0.4 is 0 Å². The molecule has 1 aromatic rings. The predicted octanol–water partition coefficient (Wildman–Crippen LogP) is 4.92. The SMILES string of the molecule is CC.CCC(CC)N(C)/C=C\c1c(C)cccc1C=O. The van der Waals surface area contributed by atoms with Gasteiger partial charge in [0.1, 0.15) is 0 Å². The predicted molar refractivity (Wildman–Crippen MR) is 89.1 cm³/mol. The molecule has 20 heavy (non-hydrogen) atoms. The Labute approximate surface area is 124 Å². The summed E-state index contributed by atoms with van der Waals surface area (Å²) >= 11 is 0. The van der Waals surface area contributed by atoms with E-state index in [1.54, 1.807) is 0 Å². The molecular formula is C18H29NO. The van der Waals surface area contributed by atoms with Crippen LogP contribution in [0, 0.1) is 6.92 Å². The average molecular weight is 275 g/mol. The van der Waals surface area contributed by atoms with E-state index in [1.165, 1.54) is 0 Å². The smallest absolute Gasteiger partial charge is 0.150 e. The Morgan fingerprint density at radius 3 is 2.30 bits per heavy atom. The van der Waals surface area contributed by atoms with Crippen LogP contribution in [0.3, 0.4) is 0 Å². The second kappa shape index (κ2) is 10.2. The van der Waals surface area contributed by atoms with Crippen molar-refractivity contribution in [3.05, 3.63) is 41.1 Å². The van der Waals surface area contributed by atoms with E-state index in [0.717, 1.165) is 35.8 Å². The van der Waals surface area contributed by atoms with Gasteiger partial charge in [-0.05, 0) is 43.2 Å². The van der Waals surface area contributed by atoms with Gasteiger partial charge < -0.3 is 4.90 Å². The fourth-order valence-electron chi connectivity index (χ4n) is 2.21. The van der Waals surface area contributed by atoms with Crippen molar-refractivity contribution < 1.29 is 4.79 Å². The van der Waals surface area contributed by atoms with Crippen LogP contribution in [0.15, 0.2) is 24.4 Å². The molecule has 0 fully saturated rings. The molecule has 0 spiro atoms. The standard InChI is InChI=1S/C16H23NO.C2H6/c1-5-15(6-2)17(4)11-10-16-13(3)8-7-9-14(16)12-18;1-2/h7-12,15H,5-6H2,1-4H3;1-2H3/b11-10-;. The lowest BCUT2D eigenvalue weighted by molar-refractivity contribution is 0.112. The van der Waals surface area contributed by atoms with Crippen LogP contribution in [-0.2, 0) is 0 Å². The number of carbonyl (C=O) groups is 1. The molecule has 1 rings (SSSR count). The van der Waals surface area contributed by atoms with E-state index < -0.39 is 0 Å². The molecule has 112 valence electrons. The minimum absolute atomic E-state index is 0.560. The third kappa shape index (κ3) is 5.20. The summed E-state index contributed by atoms with van der Waals surface area (Å²) in [4.78, 5) is 13.2. The molecule has 0 aromatic heterocycles. The first-order chi connectivity index (χ1) is 9.63. The van der Waals surface area contributed by atoms with Crippen LogP contribution in [0.25, 0.3) is 6.08 Å². The number of hydrogen-bond acceptors (Lipinski definition) is 2. The van der Waals surface area contributed by atoms with Gasteiger partial charge in [-0.3, -0.25) is 4.79 Å². The van der Waals surface area contributed by atoms with E-state index in [9.17, 15) is 4.79 Å². The largest absolute Gasteiger partial charge is 0.377 e. The Kier molecular flexibility index (Phi) is 9.44. The zero-order chi connectivity index (χ0) is 15.5. The molecule has 1 aromatic carbocycles. The van der Waals surface area contributed by atoms with Gasteiger partial charge in [-0.25, -0.2) is 0 Å². The van der Waals surface area contributed by atoms with Crippen LogP contribution >= 0.6 is 0 Å². The average Bonchev–Trinajstić information content (AvgIpc) is 2.49. The number of hydrogen-bond donors (Lipinski definition) is 0. The summed E-state index contributed by atoms with van der Waals surface area (Å²) in [6, 6.07) is 6.37. The minimum atomic E-state index is 0.560. The quantitative estimate of drug-likeness (QED) is 0.686. The lowest BCUT2D eigenvalue weighted by atomic mass is 10.0. The van der Waals surface area contributed by atoms with Crippen LogP contribution in [0.1, 0.15) is 62.0 Å². The summed E-state index contributed by atoms with van der Waals surface area (Å²) in [5.74, 6) is 0. The molecule has 0 heterocycles. The fourth-order valence-corrected chi connectivity index (χ4v) is 2.21. The van der Waals surface area contributed by atoms with Crippen LogP contribution in [-0.4, -0.2) is 24.3 Å². The monoisotopic (exact) mass is 275 g/mol. The molecule has 0 unspecified atom stereocenters. The highest BCUT2D eigenvalue weighted by Crippen LogP contribution is 2.16. The molecule has 2 nitrogen and oxygen atoms in total. The molecule has 0 saturated carbocycles. The second-order valence-electron chi connectivity index (χ2n) is 4.65. The van der Waals surface area contributed by atoms with Crippen LogP contribution in [0.2, 0.25) is 0 Å². The van der Waals surface area contributed by atoms with E-state index in [4.69, 9.17) is 0 Å². The van der Waals surface area contributed by atoms with E-state index in [1.807, 2.05) is 45.0 Å². The van der Waals surface area contributed by atoms with Crippen molar-refractivity contribution in [3.63, 3.8) is 0 Å². The van der Waals surface area contributed by atoms with Gasteiger partial charge in [-0.2, -0.15) is 0 Å². The van der Waals surface area contributed by atoms with Crippen molar-refractivity contribution in [2.45, 2.75) is 53.5 Å². The van der Waals surface area contributed by atoms with Crippen molar-refractivity contribution in [3.8, 4) is 0 Å². The van der Waals surface area contributed by atoms with Gasteiger partial charge in [0, 0.05) is 18.7 Å². The Balaban J connectivity index is 0.00000172. The minimum Gasteiger partial charge on any atom is -0.377 e. The molecular weight excluding hydrogens is 246 g/mol. The number of carbonyl (C=O) groups excluding carboxylic acids is 1. The summed E-state index contributed by atoms with van der Waals surface area (Å²) in [7, 11) is 2.09. The van der Waals surface area contributed by atoms with Crippen molar-refractivity contribution in [2.75, 3.05) is 7.05 Å². The van der Waals surface area contributed by atoms with Crippen LogP contribution in [0.5, 0.6) is 0 Å². The third-order valence-corrected chi connectivity index (χ3v) is 3.48. The second-order valence-corrected chi connectivity index (χ2v) is 4.65. The van der Waals surface area contributed by atoms with E-state index in [0.29, 0.717) is 6.04 Å². The zero-order valence-electron chi connectivity index (χ0n) is 13.8. The summed E-state index contributed by atoms with van der Waals surface area (Å²) < 4.78 is 0. The number of benzene rings is 1. The summed E-state index contributed by atoms with van der Waals surface area (Å²) in [6.45, 7) is 10.4. The fraction of sp³-hybridized carbons (Fsp3) is 0.500. The first kappa shape index (κ1) is 18.4. The maximum atomic E-state index is 11.0. The number of rotatable bonds is 6. The molecule has 0 aliphatic rings. The van der Waals surface area contributed by atoms with Crippen molar-refractivity contribution in [2.24, 2.45) is 0 Å². The molecule has 0 atom stereocenters. The lowest BCUT2D eigenvalue weighted by Gasteiger charge is -2.24. The first-order valence-corrected chi connectivity index (χ1v) is 7.58. The third-order valence-electron chi connectivity index (χ3n) is 3.48. The molecule has 0 N–H and O–H groups in total. The summed E-state index contributed by atoms with van der Waals surface area (Å²) in [5, 5.41) is 0. The Hall–Kier alpha value is -1.57. The zero-order valence-corrected chi connectivity index (χ0v) is 13.8. The highest BCUT2D eigenvalue weighted by atomic mass is 16.1. The molecule has 0 aliphatic carbocycles. The van der Waals surface area contributed by atoms with E-state index in [2.05, 4.69) is 32.0 Å². The van der Waals surface area contributed by atoms with Gasteiger partial charge in [0.15, 0.2) is 6.29 Å². The van der Waals surface area contributed by atoms with Gasteiger partial charge >= 0.3 is 0 Å². The van der Waals surface area contributed by atoms with E-state index >= 15 is 0 Å². The number of aldehydes is 1. The Bertz CT molecular complexity index is 419. The Morgan fingerprint density at radius 2 is 1.80 bits per heavy atom. The first-order valence-electron chi connectivity index (χ1n) is 7.58. The van der Waals surface area contributed by atoms with Gasteiger partial charge in [-0.15, -0.1) is 0 Å². The number of aryl methyl sites for hydroxylation is 1. The Morgan fingerprint density at radius 1 is 1.20 bits per heavy atom. The summed E-state index contributed by atoms with van der Waals surface area (Å²) in [5.41, 5.74) is 2.91. The molecule has 0 bridgehead atoms. The highest BCUT2D eigenvalue weighted by molar-refractivity contribution is 5.82. The van der Waals surface area contributed by atoms with Crippen molar-refractivity contribution in [1.29, 1.82) is 0 Å². The lowest BCUT2D eigenvalue weighted by Crippen LogP contribution is -2.25. The maximum absolute atomic E-state index is 11.0. The molecule has 0 amide bonds. The highest BCUT2D eigenvalue weighted by Gasteiger charge is 2.06. The molecule has 0 aliphatic heterocycles. The topological polar surface area (TPSA) is 20.3 Å². The van der Waals surface area contributed by atoms with Crippen molar-refractivity contribution >= 4 is 12.4 Å². The number of nitrogens with zero attached hydrogens (tertiary/aromatic N) is 1. The van der Waals surface area contributed by atoms with Crippen LogP contribution in [0.4, 0.5) is 0 Å².